The van der Waals surface area contributed by atoms with Crippen molar-refractivity contribution in [3.8, 4) is 5.75 Å². The highest BCUT2D eigenvalue weighted by Gasteiger charge is 2.19. The number of methoxy groups -OCH3 is 1. The molecule has 0 saturated heterocycles. The lowest BCUT2D eigenvalue weighted by atomic mass is 10.1. The molecular weight excluding hydrogens is 290 g/mol. The highest BCUT2D eigenvalue weighted by Crippen LogP contribution is 2.23. The molecule has 0 aliphatic rings. The van der Waals surface area contributed by atoms with Crippen LogP contribution in [0.25, 0.3) is 0 Å². The van der Waals surface area contributed by atoms with E-state index in [0.29, 0.717) is 22.8 Å². The molecule has 2 rings (SSSR count). The van der Waals surface area contributed by atoms with Crippen molar-refractivity contribution >= 4 is 9.84 Å². The molecule has 0 radical (unpaired) electrons. The Labute approximate surface area is 124 Å². The SMILES string of the molecule is COc1ccc(C)cc1CS(=O)(=O)Cc1nc(C)c(C)o1. The molecule has 6 heteroatoms. The maximum absolute atomic E-state index is 12.3. The van der Waals surface area contributed by atoms with E-state index >= 15 is 0 Å². The van der Waals surface area contributed by atoms with Crippen molar-refractivity contribution in [1.82, 2.24) is 4.98 Å². The highest BCUT2D eigenvalue weighted by molar-refractivity contribution is 7.89. The third-order valence-corrected chi connectivity index (χ3v) is 4.67. The number of hydrogen-bond donors (Lipinski definition) is 0. The van der Waals surface area contributed by atoms with Gasteiger partial charge < -0.3 is 9.15 Å². The van der Waals surface area contributed by atoms with Crippen molar-refractivity contribution in [1.29, 1.82) is 0 Å². The first-order valence-corrected chi connectivity index (χ1v) is 8.40. The van der Waals surface area contributed by atoms with Gasteiger partial charge in [0, 0.05) is 5.56 Å². The number of rotatable bonds is 5. The van der Waals surface area contributed by atoms with Crippen molar-refractivity contribution in [3.05, 3.63) is 46.7 Å². The number of oxazole rings is 1. The average Bonchev–Trinajstić information content (AvgIpc) is 2.66. The van der Waals surface area contributed by atoms with Crippen LogP contribution in [0.3, 0.4) is 0 Å². The van der Waals surface area contributed by atoms with Crippen LogP contribution in [0.5, 0.6) is 5.75 Å². The summed E-state index contributed by atoms with van der Waals surface area (Å²) in [6, 6.07) is 5.48. The smallest absolute Gasteiger partial charge is 0.209 e. The monoisotopic (exact) mass is 309 g/mol. The summed E-state index contributed by atoms with van der Waals surface area (Å²) in [5, 5.41) is 0. The van der Waals surface area contributed by atoms with Crippen LogP contribution in [-0.4, -0.2) is 20.5 Å². The van der Waals surface area contributed by atoms with E-state index in [0.717, 1.165) is 5.56 Å². The van der Waals surface area contributed by atoms with Crippen LogP contribution in [0.15, 0.2) is 22.6 Å². The van der Waals surface area contributed by atoms with Gasteiger partial charge in [-0.05, 0) is 26.8 Å². The number of sulfone groups is 1. The van der Waals surface area contributed by atoms with Crippen LogP contribution in [-0.2, 0) is 21.3 Å². The Kier molecular flexibility index (Phi) is 4.37. The molecule has 0 bridgehead atoms. The molecule has 1 aromatic carbocycles. The standard InChI is InChI=1S/C15H19NO4S/c1-10-5-6-14(19-4)13(7-10)8-21(17,18)9-15-16-11(2)12(3)20-15/h5-7H,8-9H2,1-4H3. The lowest BCUT2D eigenvalue weighted by Gasteiger charge is -2.09. The third-order valence-electron chi connectivity index (χ3n) is 3.23. The minimum atomic E-state index is -3.38. The Hall–Kier alpha value is -1.82. The summed E-state index contributed by atoms with van der Waals surface area (Å²) in [6.07, 6.45) is 0. The Morgan fingerprint density at radius 2 is 1.90 bits per heavy atom. The van der Waals surface area contributed by atoms with Crippen molar-refractivity contribution < 1.29 is 17.6 Å². The van der Waals surface area contributed by atoms with Crippen molar-refractivity contribution in [2.75, 3.05) is 7.11 Å². The molecule has 0 saturated carbocycles. The molecular formula is C15H19NO4S. The van der Waals surface area contributed by atoms with E-state index in [1.54, 1.807) is 19.9 Å². The maximum atomic E-state index is 12.3. The zero-order valence-electron chi connectivity index (χ0n) is 12.6. The highest BCUT2D eigenvalue weighted by atomic mass is 32.2. The topological polar surface area (TPSA) is 69.4 Å². The molecule has 0 fully saturated rings. The quantitative estimate of drug-likeness (QED) is 0.849. The number of aryl methyl sites for hydroxylation is 3. The van der Waals surface area contributed by atoms with Gasteiger partial charge in [0.25, 0.3) is 0 Å². The first kappa shape index (κ1) is 15.6. The normalized spacial score (nSPS) is 11.6. The first-order chi connectivity index (χ1) is 9.80. The van der Waals surface area contributed by atoms with Crippen molar-refractivity contribution in [2.24, 2.45) is 0 Å². The van der Waals surface area contributed by atoms with Gasteiger partial charge in [-0.15, -0.1) is 0 Å². The Morgan fingerprint density at radius 1 is 1.19 bits per heavy atom. The maximum Gasteiger partial charge on any atom is 0.209 e. The van der Waals surface area contributed by atoms with Gasteiger partial charge in [-0.25, -0.2) is 13.4 Å². The van der Waals surface area contributed by atoms with E-state index in [2.05, 4.69) is 4.98 Å². The van der Waals surface area contributed by atoms with Crippen molar-refractivity contribution in [2.45, 2.75) is 32.3 Å². The van der Waals surface area contributed by atoms with Gasteiger partial charge in [-0.2, -0.15) is 0 Å². The molecule has 0 amide bonds. The Bertz CT molecular complexity index is 728. The number of aromatic nitrogens is 1. The molecule has 1 heterocycles. The molecule has 0 aliphatic carbocycles. The van der Waals surface area contributed by atoms with Crippen LogP contribution in [0.4, 0.5) is 0 Å². The average molecular weight is 309 g/mol. The van der Waals surface area contributed by atoms with Gasteiger partial charge in [0.1, 0.15) is 17.3 Å². The summed E-state index contributed by atoms with van der Waals surface area (Å²) in [4.78, 5) is 4.12. The molecule has 0 aliphatic heterocycles. The Morgan fingerprint density at radius 3 is 2.48 bits per heavy atom. The van der Waals surface area contributed by atoms with Gasteiger partial charge in [-0.1, -0.05) is 17.7 Å². The lowest BCUT2D eigenvalue weighted by Crippen LogP contribution is -2.09. The van der Waals surface area contributed by atoms with Gasteiger partial charge in [-0.3, -0.25) is 0 Å². The Balaban J connectivity index is 2.23. The van der Waals surface area contributed by atoms with Gasteiger partial charge in [0.15, 0.2) is 9.84 Å². The van der Waals surface area contributed by atoms with E-state index in [4.69, 9.17) is 9.15 Å². The van der Waals surface area contributed by atoms with Gasteiger partial charge >= 0.3 is 0 Å². The second-order valence-electron chi connectivity index (χ2n) is 5.10. The van der Waals surface area contributed by atoms with E-state index in [9.17, 15) is 8.42 Å². The predicted octanol–water partition coefficient (Wildman–Crippen LogP) is 2.72. The minimum absolute atomic E-state index is 0.0989. The predicted molar refractivity (Wildman–Crippen MR) is 80.0 cm³/mol. The summed E-state index contributed by atoms with van der Waals surface area (Å²) < 4.78 is 35.2. The molecule has 114 valence electrons. The van der Waals surface area contributed by atoms with Crippen LogP contribution in [0.2, 0.25) is 0 Å². The number of benzene rings is 1. The van der Waals surface area contributed by atoms with Crippen LogP contribution < -0.4 is 4.74 Å². The molecule has 1 aromatic heterocycles. The van der Waals surface area contributed by atoms with E-state index in [1.165, 1.54) is 7.11 Å². The van der Waals surface area contributed by atoms with Crippen LogP contribution in [0, 0.1) is 20.8 Å². The van der Waals surface area contributed by atoms with Crippen LogP contribution in [0.1, 0.15) is 28.5 Å². The third kappa shape index (κ3) is 3.85. The van der Waals surface area contributed by atoms with Crippen LogP contribution >= 0.6 is 0 Å². The zero-order chi connectivity index (χ0) is 15.6. The second-order valence-corrected chi connectivity index (χ2v) is 7.16. The summed E-state index contributed by atoms with van der Waals surface area (Å²) in [5.74, 6) is 1.14. The number of nitrogens with zero attached hydrogens (tertiary/aromatic N) is 1. The van der Waals surface area contributed by atoms with E-state index in [-0.39, 0.29) is 17.4 Å². The van der Waals surface area contributed by atoms with Gasteiger partial charge in [0.05, 0.1) is 18.6 Å². The van der Waals surface area contributed by atoms with Crippen molar-refractivity contribution in [3.63, 3.8) is 0 Å². The molecule has 0 spiro atoms. The fourth-order valence-corrected chi connectivity index (χ4v) is 3.40. The molecule has 5 nitrogen and oxygen atoms in total. The number of hydrogen-bond acceptors (Lipinski definition) is 5. The largest absolute Gasteiger partial charge is 0.496 e. The summed E-state index contributed by atoms with van der Waals surface area (Å²) >= 11 is 0. The molecule has 0 atom stereocenters. The van der Waals surface area contributed by atoms with Gasteiger partial charge in [0.2, 0.25) is 5.89 Å². The van der Waals surface area contributed by atoms with E-state index < -0.39 is 9.84 Å². The summed E-state index contributed by atoms with van der Waals surface area (Å²) in [6.45, 7) is 5.47. The fourth-order valence-electron chi connectivity index (χ4n) is 2.10. The molecule has 0 N–H and O–H groups in total. The number of ether oxygens (including phenoxy) is 1. The fraction of sp³-hybridized carbons (Fsp3) is 0.400. The zero-order valence-corrected chi connectivity index (χ0v) is 13.5. The lowest BCUT2D eigenvalue weighted by molar-refractivity contribution is 0.410. The molecule has 21 heavy (non-hydrogen) atoms. The summed E-state index contributed by atoms with van der Waals surface area (Å²) in [7, 11) is -1.85. The molecule has 2 aromatic rings. The van der Waals surface area contributed by atoms with E-state index in [1.807, 2.05) is 19.1 Å². The minimum Gasteiger partial charge on any atom is -0.496 e. The summed E-state index contributed by atoms with van der Waals surface area (Å²) in [5.41, 5.74) is 2.36. The first-order valence-electron chi connectivity index (χ1n) is 6.57. The second kappa shape index (κ2) is 5.89. The molecule has 0 unspecified atom stereocenters.